The third-order valence-corrected chi connectivity index (χ3v) is 3.11. The number of Topliss-reactive ketones (excluding diaryl/α,β-unsaturated/α-hetero) is 1. The molecule has 0 atom stereocenters. The number of rotatable bonds is 3. The predicted molar refractivity (Wildman–Crippen MR) is 63.7 cm³/mol. The topological polar surface area (TPSA) is 43.1 Å². The van der Waals surface area contributed by atoms with Crippen molar-refractivity contribution in [3.8, 4) is 0 Å². The van der Waals surface area contributed by atoms with Gasteiger partial charge in [0.05, 0.1) is 0 Å². The van der Waals surface area contributed by atoms with Crippen LogP contribution in [-0.4, -0.2) is 12.3 Å². The second-order valence-corrected chi connectivity index (χ2v) is 4.16. The van der Waals surface area contributed by atoms with Gasteiger partial charge in [-0.1, -0.05) is 17.7 Å². The van der Waals surface area contributed by atoms with E-state index >= 15 is 0 Å². The Kier molecular flexibility index (Phi) is 3.89. The molecule has 82 valence electrons. The van der Waals surface area contributed by atoms with Crippen LogP contribution in [-0.2, 0) is 0 Å². The van der Waals surface area contributed by atoms with E-state index in [1.165, 1.54) is 0 Å². The second kappa shape index (κ2) is 4.77. The molecule has 0 aliphatic heterocycles. The largest absolute Gasteiger partial charge is 0.330 e. The maximum Gasteiger partial charge on any atom is 0.164 e. The monoisotopic (exact) mass is 225 g/mol. The Morgan fingerprint density at radius 1 is 1.33 bits per heavy atom. The summed E-state index contributed by atoms with van der Waals surface area (Å²) in [6, 6.07) is 1.94. The lowest BCUT2D eigenvalue weighted by Crippen LogP contribution is -2.11. The number of carbonyl (C=O) groups excluding carboxylic acids is 1. The van der Waals surface area contributed by atoms with Gasteiger partial charge in [0.25, 0.3) is 0 Å². The van der Waals surface area contributed by atoms with Crippen LogP contribution >= 0.6 is 11.6 Å². The predicted octanol–water partition coefficient (Wildman–Crippen LogP) is 2.80. The van der Waals surface area contributed by atoms with Crippen molar-refractivity contribution in [2.24, 2.45) is 5.73 Å². The van der Waals surface area contributed by atoms with Crippen LogP contribution in [0.3, 0.4) is 0 Å². The number of benzene rings is 1. The molecule has 15 heavy (non-hydrogen) atoms. The molecule has 2 N–H and O–H groups in total. The number of aryl methyl sites for hydroxylation is 2. The van der Waals surface area contributed by atoms with Crippen LogP contribution in [0.1, 0.15) is 33.5 Å². The number of nitrogens with two attached hydrogens (primary N) is 1. The second-order valence-electron chi connectivity index (χ2n) is 3.79. The maximum atomic E-state index is 11.8. The summed E-state index contributed by atoms with van der Waals surface area (Å²) in [7, 11) is 0. The third-order valence-electron chi connectivity index (χ3n) is 2.53. The Balaban J connectivity index is 3.29. The van der Waals surface area contributed by atoms with Gasteiger partial charge in [0, 0.05) is 17.0 Å². The van der Waals surface area contributed by atoms with Gasteiger partial charge in [-0.25, -0.2) is 0 Å². The molecule has 0 unspecified atom stereocenters. The average molecular weight is 226 g/mol. The van der Waals surface area contributed by atoms with Gasteiger partial charge in [-0.2, -0.15) is 0 Å². The van der Waals surface area contributed by atoms with Crippen LogP contribution in [0.4, 0.5) is 0 Å². The van der Waals surface area contributed by atoms with E-state index in [2.05, 4.69) is 0 Å². The van der Waals surface area contributed by atoms with E-state index in [1.54, 1.807) is 0 Å². The first-order valence-electron chi connectivity index (χ1n) is 4.98. The standard InChI is InChI=1S/C12H16ClNO/c1-7-6-8(2)12(13)9(3)11(7)10(15)4-5-14/h6H,4-5,14H2,1-3H3. The molecule has 0 amide bonds. The number of hydrogen-bond acceptors (Lipinski definition) is 2. The van der Waals surface area contributed by atoms with E-state index in [0.717, 1.165) is 22.3 Å². The number of hydrogen-bond donors (Lipinski definition) is 1. The molecule has 0 aliphatic rings. The number of halogens is 1. The van der Waals surface area contributed by atoms with Gasteiger partial charge < -0.3 is 5.73 Å². The smallest absolute Gasteiger partial charge is 0.164 e. The third kappa shape index (κ3) is 2.39. The molecule has 0 fully saturated rings. The Bertz CT molecular complexity index is 399. The quantitative estimate of drug-likeness (QED) is 0.804. The van der Waals surface area contributed by atoms with Gasteiger partial charge in [-0.15, -0.1) is 0 Å². The molecule has 0 radical (unpaired) electrons. The summed E-state index contributed by atoms with van der Waals surface area (Å²) in [5.41, 5.74) is 8.97. The number of carbonyl (C=O) groups is 1. The van der Waals surface area contributed by atoms with Crippen molar-refractivity contribution in [1.82, 2.24) is 0 Å². The first kappa shape index (κ1) is 12.2. The van der Waals surface area contributed by atoms with E-state index in [9.17, 15) is 4.79 Å². The molecule has 0 saturated heterocycles. The fourth-order valence-corrected chi connectivity index (χ4v) is 2.00. The highest BCUT2D eigenvalue weighted by atomic mass is 35.5. The Labute approximate surface area is 95.4 Å². The Hall–Kier alpha value is -0.860. The molecular formula is C12H16ClNO. The van der Waals surface area contributed by atoms with Gasteiger partial charge in [0.1, 0.15) is 0 Å². The van der Waals surface area contributed by atoms with Crippen LogP contribution < -0.4 is 5.73 Å². The normalized spacial score (nSPS) is 10.5. The molecule has 0 spiro atoms. The molecule has 1 aromatic carbocycles. The lowest BCUT2D eigenvalue weighted by Gasteiger charge is -2.12. The molecule has 0 saturated carbocycles. The Morgan fingerprint density at radius 3 is 2.47 bits per heavy atom. The fraction of sp³-hybridized carbons (Fsp3) is 0.417. The Morgan fingerprint density at radius 2 is 1.93 bits per heavy atom. The van der Waals surface area contributed by atoms with Crippen molar-refractivity contribution >= 4 is 17.4 Å². The van der Waals surface area contributed by atoms with Crippen molar-refractivity contribution < 1.29 is 4.79 Å². The van der Waals surface area contributed by atoms with Crippen molar-refractivity contribution in [1.29, 1.82) is 0 Å². The summed E-state index contributed by atoms with van der Waals surface area (Å²) in [5.74, 6) is 0.0781. The van der Waals surface area contributed by atoms with E-state index < -0.39 is 0 Å². The first-order valence-corrected chi connectivity index (χ1v) is 5.36. The van der Waals surface area contributed by atoms with Crippen LogP contribution in [0.25, 0.3) is 0 Å². The summed E-state index contributed by atoms with van der Waals surface area (Å²) in [5, 5.41) is 0.681. The minimum absolute atomic E-state index is 0.0781. The highest BCUT2D eigenvalue weighted by Crippen LogP contribution is 2.27. The summed E-state index contributed by atoms with van der Waals surface area (Å²) in [6.07, 6.45) is 0.376. The minimum atomic E-state index is 0.0781. The summed E-state index contributed by atoms with van der Waals surface area (Å²) < 4.78 is 0. The summed E-state index contributed by atoms with van der Waals surface area (Å²) in [4.78, 5) is 11.8. The molecular weight excluding hydrogens is 210 g/mol. The van der Waals surface area contributed by atoms with Gasteiger partial charge in [-0.05, 0) is 44.0 Å². The molecule has 3 heteroatoms. The van der Waals surface area contributed by atoms with Gasteiger partial charge in [0.2, 0.25) is 0 Å². The first-order chi connectivity index (χ1) is 6.99. The molecule has 0 aliphatic carbocycles. The van der Waals surface area contributed by atoms with E-state index in [1.807, 2.05) is 26.8 Å². The maximum absolute atomic E-state index is 11.8. The highest BCUT2D eigenvalue weighted by molar-refractivity contribution is 6.32. The zero-order valence-electron chi connectivity index (χ0n) is 9.36. The van der Waals surface area contributed by atoms with Crippen LogP contribution in [0.5, 0.6) is 0 Å². The van der Waals surface area contributed by atoms with E-state index in [-0.39, 0.29) is 5.78 Å². The zero-order valence-corrected chi connectivity index (χ0v) is 10.1. The molecule has 0 aromatic heterocycles. The summed E-state index contributed by atoms with van der Waals surface area (Å²) in [6.45, 7) is 6.13. The van der Waals surface area contributed by atoms with E-state index in [4.69, 9.17) is 17.3 Å². The lowest BCUT2D eigenvalue weighted by molar-refractivity contribution is 0.0984. The lowest BCUT2D eigenvalue weighted by atomic mass is 9.95. The molecule has 0 heterocycles. The molecule has 0 bridgehead atoms. The molecule has 1 rings (SSSR count). The van der Waals surface area contributed by atoms with Gasteiger partial charge in [-0.3, -0.25) is 4.79 Å². The van der Waals surface area contributed by atoms with Crippen LogP contribution in [0, 0.1) is 20.8 Å². The van der Waals surface area contributed by atoms with Crippen LogP contribution in [0.15, 0.2) is 6.07 Å². The van der Waals surface area contributed by atoms with E-state index in [0.29, 0.717) is 18.0 Å². The van der Waals surface area contributed by atoms with Crippen molar-refractivity contribution in [3.05, 3.63) is 33.3 Å². The van der Waals surface area contributed by atoms with Crippen molar-refractivity contribution in [2.45, 2.75) is 27.2 Å². The van der Waals surface area contributed by atoms with Crippen molar-refractivity contribution in [2.75, 3.05) is 6.54 Å². The van der Waals surface area contributed by atoms with Crippen LogP contribution in [0.2, 0.25) is 5.02 Å². The fourth-order valence-electron chi connectivity index (χ4n) is 1.85. The average Bonchev–Trinajstić information content (AvgIpc) is 2.15. The highest BCUT2D eigenvalue weighted by Gasteiger charge is 2.15. The van der Waals surface area contributed by atoms with Gasteiger partial charge >= 0.3 is 0 Å². The minimum Gasteiger partial charge on any atom is -0.330 e. The molecule has 2 nitrogen and oxygen atoms in total. The molecule has 1 aromatic rings. The zero-order chi connectivity index (χ0) is 11.6. The number of ketones is 1. The SMILES string of the molecule is Cc1cc(C)c(C(=O)CCN)c(C)c1Cl. The van der Waals surface area contributed by atoms with Crippen molar-refractivity contribution in [3.63, 3.8) is 0 Å². The van der Waals surface area contributed by atoms with Gasteiger partial charge in [0.15, 0.2) is 5.78 Å². The summed E-state index contributed by atoms with van der Waals surface area (Å²) >= 11 is 6.12.